The second-order valence-corrected chi connectivity index (χ2v) is 5.77. The standard InChI is InChI=1S/C21H28O2/c1-6-17(11-9-10-15(4)12-21(22)23)20-14-19(8-3)18(7-2)13-16(20)5/h9-14H,6-8H2,1-5H3,(H,22,23). The normalized spacial score (nSPS) is 12.9. The Morgan fingerprint density at radius 1 is 1.13 bits per heavy atom. The number of allylic oxidation sites excluding steroid dienone is 5. The third kappa shape index (κ3) is 5.55. The molecule has 23 heavy (non-hydrogen) atoms. The number of carboxylic acid groups (broad SMARTS) is 1. The summed E-state index contributed by atoms with van der Waals surface area (Å²) in [4.78, 5) is 10.6. The Labute approximate surface area is 140 Å². The quantitative estimate of drug-likeness (QED) is 0.533. The van der Waals surface area contributed by atoms with Crippen molar-refractivity contribution < 1.29 is 9.90 Å². The van der Waals surface area contributed by atoms with Gasteiger partial charge in [0.25, 0.3) is 0 Å². The summed E-state index contributed by atoms with van der Waals surface area (Å²) >= 11 is 0. The molecule has 2 heteroatoms. The molecule has 0 heterocycles. The molecule has 124 valence electrons. The third-order valence-electron chi connectivity index (χ3n) is 4.04. The third-order valence-corrected chi connectivity index (χ3v) is 4.04. The van der Waals surface area contributed by atoms with Gasteiger partial charge in [-0.05, 0) is 66.5 Å². The summed E-state index contributed by atoms with van der Waals surface area (Å²) in [5.41, 5.74) is 7.46. The summed E-state index contributed by atoms with van der Waals surface area (Å²) in [6.07, 6.45) is 10.1. The van der Waals surface area contributed by atoms with Gasteiger partial charge >= 0.3 is 5.97 Å². The van der Waals surface area contributed by atoms with Crippen molar-refractivity contribution in [3.63, 3.8) is 0 Å². The van der Waals surface area contributed by atoms with Crippen LogP contribution >= 0.6 is 0 Å². The van der Waals surface area contributed by atoms with Crippen molar-refractivity contribution in [1.82, 2.24) is 0 Å². The monoisotopic (exact) mass is 312 g/mol. The van der Waals surface area contributed by atoms with Crippen LogP contribution in [0.5, 0.6) is 0 Å². The maximum Gasteiger partial charge on any atom is 0.328 e. The second-order valence-electron chi connectivity index (χ2n) is 5.77. The van der Waals surface area contributed by atoms with Gasteiger partial charge in [-0.3, -0.25) is 0 Å². The molecule has 0 aliphatic rings. The molecule has 0 amide bonds. The van der Waals surface area contributed by atoms with Crippen LogP contribution in [-0.2, 0) is 17.6 Å². The predicted molar refractivity (Wildman–Crippen MR) is 98.7 cm³/mol. The van der Waals surface area contributed by atoms with Crippen LogP contribution in [0.1, 0.15) is 56.4 Å². The summed E-state index contributed by atoms with van der Waals surface area (Å²) < 4.78 is 0. The Hall–Kier alpha value is -2.09. The van der Waals surface area contributed by atoms with Gasteiger partial charge in [-0.1, -0.05) is 51.1 Å². The van der Waals surface area contributed by atoms with E-state index in [0.717, 1.165) is 24.8 Å². The van der Waals surface area contributed by atoms with Crippen molar-refractivity contribution in [2.24, 2.45) is 0 Å². The average Bonchev–Trinajstić information content (AvgIpc) is 2.51. The van der Waals surface area contributed by atoms with E-state index in [2.05, 4.69) is 45.9 Å². The van der Waals surface area contributed by atoms with Crippen LogP contribution < -0.4 is 0 Å². The molecular weight excluding hydrogens is 284 g/mol. The van der Waals surface area contributed by atoms with Gasteiger partial charge in [-0.15, -0.1) is 0 Å². The number of benzene rings is 1. The van der Waals surface area contributed by atoms with E-state index in [0.29, 0.717) is 0 Å². The van der Waals surface area contributed by atoms with Crippen molar-refractivity contribution in [3.8, 4) is 0 Å². The highest BCUT2D eigenvalue weighted by molar-refractivity contribution is 5.81. The minimum absolute atomic E-state index is 0.733. The smallest absolute Gasteiger partial charge is 0.328 e. The maximum atomic E-state index is 10.6. The van der Waals surface area contributed by atoms with Crippen molar-refractivity contribution >= 4 is 11.5 Å². The molecule has 1 aromatic carbocycles. The Balaban J connectivity index is 3.17. The molecule has 0 aliphatic carbocycles. The number of hydrogen-bond acceptors (Lipinski definition) is 1. The van der Waals surface area contributed by atoms with Crippen LogP contribution in [0.25, 0.3) is 5.57 Å². The van der Waals surface area contributed by atoms with E-state index in [1.807, 2.05) is 12.2 Å². The van der Waals surface area contributed by atoms with Gasteiger partial charge in [0, 0.05) is 6.08 Å². The number of rotatable bonds is 7. The van der Waals surface area contributed by atoms with Gasteiger partial charge in [0.1, 0.15) is 0 Å². The van der Waals surface area contributed by atoms with Crippen molar-refractivity contribution in [2.45, 2.75) is 53.9 Å². The average molecular weight is 312 g/mol. The molecule has 0 aromatic heterocycles. The van der Waals surface area contributed by atoms with Gasteiger partial charge in [0.2, 0.25) is 0 Å². The fraction of sp³-hybridized carbons (Fsp3) is 0.381. The van der Waals surface area contributed by atoms with Crippen molar-refractivity contribution in [2.75, 3.05) is 0 Å². The van der Waals surface area contributed by atoms with E-state index in [-0.39, 0.29) is 0 Å². The highest BCUT2D eigenvalue weighted by Crippen LogP contribution is 2.26. The molecule has 0 fully saturated rings. The van der Waals surface area contributed by atoms with Crippen LogP contribution in [0.4, 0.5) is 0 Å². The second kappa shape index (κ2) is 9.14. The molecule has 0 bridgehead atoms. The van der Waals surface area contributed by atoms with Crippen LogP contribution in [0.3, 0.4) is 0 Å². The molecule has 1 N–H and O–H groups in total. The molecule has 0 aliphatic heterocycles. The molecule has 0 spiro atoms. The van der Waals surface area contributed by atoms with Gasteiger partial charge in [0.15, 0.2) is 0 Å². The zero-order valence-corrected chi connectivity index (χ0v) is 14.9. The molecule has 0 radical (unpaired) electrons. The molecule has 1 rings (SSSR count). The molecular formula is C21H28O2. The first-order chi connectivity index (χ1) is 10.9. The highest BCUT2D eigenvalue weighted by atomic mass is 16.4. The SMILES string of the molecule is CCC(=CC=CC(C)=CC(=O)O)c1cc(CC)c(CC)cc1C. The molecule has 0 saturated heterocycles. The topological polar surface area (TPSA) is 37.3 Å². The van der Waals surface area contributed by atoms with Gasteiger partial charge in [-0.25, -0.2) is 4.79 Å². The largest absolute Gasteiger partial charge is 0.478 e. The summed E-state index contributed by atoms with van der Waals surface area (Å²) in [6.45, 7) is 10.5. The summed E-state index contributed by atoms with van der Waals surface area (Å²) in [5, 5.41) is 8.73. The predicted octanol–water partition coefficient (Wildman–Crippen LogP) is 5.50. The van der Waals surface area contributed by atoms with Gasteiger partial charge in [0.05, 0.1) is 0 Å². The summed E-state index contributed by atoms with van der Waals surface area (Å²) in [6, 6.07) is 4.62. The van der Waals surface area contributed by atoms with Crippen LogP contribution in [-0.4, -0.2) is 11.1 Å². The van der Waals surface area contributed by atoms with Gasteiger partial charge < -0.3 is 5.11 Å². The minimum atomic E-state index is -0.912. The number of carbonyl (C=O) groups is 1. The number of aryl methyl sites for hydroxylation is 3. The van der Waals surface area contributed by atoms with E-state index < -0.39 is 5.97 Å². The minimum Gasteiger partial charge on any atom is -0.478 e. The zero-order valence-electron chi connectivity index (χ0n) is 14.9. The first kappa shape index (κ1) is 19.0. The molecule has 0 atom stereocenters. The molecule has 0 saturated carbocycles. The van der Waals surface area contributed by atoms with E-state index in [4.69, 9.17) is 5.11 Å². The maximum absolute atomic E-state index is 10.6. The fourth-order valence-electron chi connectivity index (χ4n) is 2.77. The lowest BCUT2D eigenvalue weighted by Gasteiger charge is -2.14. The number of carboxylic acids is 1. The van der Waals surface area contributed by atoms with E-state index in [9.17, 15) is 4.79 Å². The van der Waals surface area contributed by atoms with Crippen molar-refractivity contribution in [1.29, 1.82) is 0 Å². The Morgan fingerprint density at radius 2 is 1.74 bits per heavy atom. The fourth-order valence-corrected chi connectivity index (χ4v) is 2.77. The lowest BCUT2D eigenvalue weighted by Crippen LogP contribution is -1.97. The van der Waals surface area contributed by atoms with E-state index in [1.54, 1.807) is 6.92 Å². The Morgan fingerprint density at radius 3 is 2.26 bits per heavy atom. The summed E-state index contributed by atoms with van der Waals surface area (Å²) in [7, 11) is 0. The number of aliphatic carboxylic acids is 1. The van der Waals surface area contributed by atoms with Crippen LogP contribution in [0, 0.1) is 6.92 Å². The molecule has 1 aromatic rings. The Kier molecular flexibility index (Phi) is 7.53. The van der Waals surface area contributed by atoms with E-state index in [1.165, 1.54) is 33.9 Å². The zero-order chi connectivity index (χ0) is 17.4. The van der Waals surface area contributed by atoms with E-state index >= 15 is 0 Å². The lowest BCUT2D eigenvalue weighted by atomic mass is 9.91. The first-order valence-corrected chi connectivity index (χ1v) is 8.34. The molecule has 0 unspecified atom stereocenters. The molecule has 2 nitrogen and oxygen atoms in total. The van der Waals surface area contributed by atoms with Crippen LogP contribution in [0.15, 0.2) is 42.0 Å². The van der Waals surface area contributed by atoms with Crippen molar-refractivity contribution in [3.05, 3.63) is 64.3 Å². The lowest BCUT2D eigenvalue weighted by molar-refractivity contribution is -0.131. The van der Waals surface area contributed by atoms with Crippen LogP contribution in [0.2, 0.25) is 0 Å². The van der Waals surface area contributed by atoms with Gasteiger partial charge in [-0.2, -0.15) is 0 Å². The summed E-state index contributed by atoms with van der Waals surface area (Å²) in [5.74, 6) is -0.912. The number of hydrogen-bond donors (Lipinski definition) is 1. The highest BCUT2D eigenvalue weighted by Gasteiger charge is 2.08. The first-order valence-electron chi connectivity index (χ1n) is 8.34. The Bertz CT molecular complexity index is 646.